The average Bonchev–Trinajstić information content (AvgIpc) is 3.00. The summed E-state index contributed by atoms with van der Waals surface area (Å²) in [5.41, 5.74) is 7.57. The molecule has 0 bridgehead atoms. The zero-order chi connectivity index (χ0) is 20.8. The van der Waals surface area contributed by atoms with E-state index in [9.17, 15) is 18.0 Å². The Morgan fingerprint density at radius 3 is 2.33 bits per heavy atom. The number of carbonyl (C=O) groups excluding carboxylic acids is 1. The fraction of sp³-hybridized carbons (Fsp3) is 0.471. The second kappa shape index (κ2) is 9.24. The Labute approximate surface area is 153 Å². The maximum Gasteiger partial charge on any atom is 0.490 e. The van der Waals surface area contributed by atoms with Crippen LogP contribution in [0.1, 0.15) is 55.1 Å². The number of imidazole rings is 1. The lowest BCUT2D eigenvalue weighted by atomic mass is 9.98. The Hall–Kier alpha value is -2.78. The average molecular weight is 389 g/mol. The van der Waals surface area contributed by atoms with E-state index in [0.717, 1.165) is 30.6 Å². The number of carboxylic acids is 1. The van der Waals surface area contributed by atoms with E-state index in [-0.39, 0.29) is 0 Å². The van der Waals surface area contributed by atoms with E-state index in [1.807, 2.05) is 10.6 Å². The molecule has 2 heterocycles. The van der Waals surface area contributed by atoms with E-state index in [2.05, 4.69) is 18.8 Å². The monoisotopic (exact) mass is 389 g/mol. The molecule has 10 heteroatoms. The van der Waals surface area contributed by atoms with Crippen LogP contribution in [0.5, 0.6) is 5.75 Å². The molecule has 2 aromatic heterocycles. The minimum absolute atomic E-state index is 0.368. The standard InChI is InChI=1S/C15H21N3O2.C2HF3O2/c1-4-6-10(5-2)12-9-18-8-11(15(16)19)13(20-3)7-14(18)17-12;3-2(4,5)1(6)7/h7-10H,4-6H2,1-3H3,(H2,16,19);(H,6,7). The first-order valence-electron chi connectivity index (χ1n) is 8.21. The normalized spacial score (nSPS) is 12.2. The lowest BCUT2D eigenvalue weighted by Gasteiger charge is -2.09. The van der Waals surface area contributed by atoms with Crippen molar-refractivity contribution in [1.29, 1.82) is 0 Å². The third kappa shape index (κ3) is 5.87. The van der Waals surface area contributed by atoms with Crippen molar-refractivity contribution in [3.05, 3.63) is 29.7 Å². The molecule has 150 valence electrons. The van der Waals surface area contributed by atoms with Gasteiger partial charge < -0.3 is 20.0 Å². The number of nitrogens with zero attached hydrogens (tertiary/aromatic N) is 2. The van der Waals surface area contributed by atoms with Crippen molar-refractivity contribution < 1.29 is 32.6 Å². The fourth-order valence-electron chi connectivity index (χ4n) is 2.50. The molecule has 1 amide bonds. The molecule has 0 fully saturated rings. The SMILES string of the molecule is CCCC(CC)c1cn2cc(C(N)=O)c(OC)cc2n1.O=C(O)C(F)(F)F. The summed E-state index contributed by atoms with van der Waals surface area (Å²) in [5.74, 6) is -2.35. The molecule has 0 aliphatic carbocycles. The van der Waals surface area contributed by atoms with Crippen LogP contribution in [-0.4, -0.2) is 39.7 Å². The first-order chi connectivity index (χ1) is 12.5. The van der Waals surface area contributed by atoms with Crippen molar-refractivity contribution in [1.82, 2.24) is 9.38 Å². The Balaban J connectivity index is 0.000000445. The number of rotatable bonds is 6. The number of ether oxygens (including phenoxy) is 1. The molecule has 0 spiro atoms. The Bertz CT molecular complexity index is 803. The summed E-state index contributed by atoms with van der Waals surface area (Å²) in [4.78, 5) is 25.0. The van der Waals surface area contributed by atoms with E-state index in [0.29, 0.717) is 17.2 Å². The van der Waals surface area contributed by atoms with Crippen LogP contribution in [0.4, 0.5) is 13.2 Å². The molecular formula is C17H22F3N3O4. The number of fused-ring (bicyclic) bond motifs is 1. The van der Waals surface area contributed by atoms with Crippen molar-refractivity contribution in [2.45, 2.75) is 45.2 Å². The zero-order valence-electron chi connectivity index (χ0n) is 15.2. The maximum absolute atomic E-state index is 11.4. The van der Waals surface area contributed by atoms with Gasteiger partial charge in [0.2, 0.25) is 0 Å². The van der Waals surface area contributed by atoms with Crippen molar-refractivity contribution >= 4 is 17.5 Å². The molecular weight excluding hydrogens is 367 g/mol. The van der Waals surface area contributed by atoms with Crippen molar-refractivity contribution in [2.75, 3.05) is 7.11 Å². The third-order valence-electron chi connectivity index (χ3n) is 3.85. The van der Waals surface area contributed by atoms with E-state index < -0.39 is 18.1 Å². The summed E-state index contributed by atoms with van der Waals surface area (Å²) >= 11 is 0. The molecule has 0 aliphatic rings. The van der Waals surface area contributed by atoms with E-state index in [4.69, 9.17) is 20.4 Å². The fourth-order valence-corrected chi connectivity index (χ4v) is 2.50. The third-order valence-corrected chi connectivity index (χ3v) is 3.85. The molecule has 27 heavy (non-hydrogen) atoms. The quantitative estimate of drug-likeness (QED) is 0.788. The number of amides is 1. The number of aromatic nitrogens is 2. The molecule has 0 saturated heterocycles. The number of hydrogen-bond acceptors (Lipinski definition) is 4. The van der Waals surface area contributed by atoms with Gasteiger partial charge in [0.1, 0.15) is 11.4 Å². The summed E-state index contributed by atoms with van der Waals surface area (Å²) in [6.07, 6.45) is 1.87. The molecule has 2 rings (SSSR count). The number of alkyl halides is 3. The van der Waals surface area contributed by atoms with Crippen LogP contribution >= 0.6 is 0 Å². The lowest BCUT2D eigenvalue weighted by molar-refractivity contribution is -0.192. The van der Waals surface area contributed by atoms with E-state index >= 15 is 0 Å². The Kier molecular flexibility index (Phi) is 7.62. The minimum Gasteiger partial charge on any atom is -0.496 e. The number of aliphatic carboxylic acids is 1. The minimum atomic E-state index is -5.08. The van der Waals surface area contributed by atoms with Crippen molar-refractivity contribution in [2.24, 2.45) is 5.73 Å². The highest BCUT2D eigenvalue weighted by molar-refractivity contribution is 5.95. The summed E-state index contributed by atoms with van der Waals surface area (Å²) in [6, 6.07) is 1.75. The molecule has 0 radical (unpaired) electrons. The van der Waals surface area contributed by atoms with Crippen molar-refractivity contribution in [3.8, 4) is 5.75 Å². The number of primary amides is 1. The number of hydrogen-bond donors (Lipinski definition) is 2. The van der Waals surface area contributed by atoms with E-state index in [1.54, 1.807) is 12.3 Å². The van der Waals surface area contributed by atoms with Crippen LogP contribution < -0.4 is 10.5 Å². The highest BCUT2D eigenvalue weighted by Crippen LogP contribution is 2.26. The molecule has 0 aliphatic heterocycles. The van der Waals surface area contributed by atoms with Crippen LogP contribution in [0.3, 0.4) is 0 Å². The predicted molar refractivity (Wildman–Crippen MR) is 91.9 cm³/mol. The number of pyridine rings is 1. The van der Waals surface area contributed by atoms with Gasteiger partial charge >= 0.3 is 12.1 Å². The van der Waals surface area contributed by atoms with Gasteiger partial charge in [-0.3, -0.25) is 4.79 Å². The van der Waals surface area contributed by atoms with Crippen LogP contribution in [0.2, 0.25) is 0 Å². The number of carboxylic acid groups (broad SMARTS) is 1. The topological polar surface area (TPSA) is 107 Å². The predicted octanol–water partition coefficient (Wildman–Crippen LogP) is 3.37. The van der Waals surface area contributed by atoms with Gasteiger partial charge in [0, 0.05) is 24.4 Å². The van der Waals surface area contributed by atoms with Gasteiger partial charge in [0.25, 0.3) is 5.91 Å². The van der Waals surface area contributed by atoms with Gasteiger partial charge in [-0.15, -0.1) is 0 Å². The van der Waals surface area contributed by atoms with Crippen LogP contribution in [0.25, 0.3) is 5.65 Å². The maximum atomic E-state index is 11.4. The summed E-state index contributed by atoms with van der Waals surface area (Å²) in [7, 11) is 1.52. The molecule has 1 atom stereocenters. The van der Waals surface area contributed by atoms with Gasteiger partial charge in [-0.2, -0.15) is 13.2 Å². The number of carbonyl (C=O) groups is 2. The number of methoxy groups -OCH3 is 1. The van der Waals surface area contributed by atoms with Crippen LogP contribution in [0.15, 0.2) is 18.5 Å². The molecule has 1 unspecified atom stereocenters. The van der Waals surface area contributed by atoms with Gasteiger partial charge in [-0.05, 0) is 12.8 Å². The molecule has 0 aromatic carbocycles. The number of halogens is 3. The molecule has 0 saturated carbocycles. The van der Waals surface area contributed by atoms with Crippen LogP contribution in [0, 0.1) is 0 Å². The molecule has 7 nitrogen and oxygen atoms in total. The summed E-state index contributed by atoms with van der Waals surface area (Å²) < 4.78 is 38.8. The zero-order valence-corrected chi connectivity index (χ0v) is 15.2. The van der Waals surface area contributed by atoms with Gasteiger partial charge in [0.15, 0.2) is 0 Å². The smallest absolute Gasteiger partial charge is 0.490 e. The van der Waals surface area contributed by atoms with Crippen LogP contribution in [-0.2, 0) is 4.79 Å². The Morgan fingerprint density at radius 1 is 1.33 bits per heavy atom. The first kappa shape index (κ1) is 22.3. The van der Waals surface area contributed by atoms with E-state index in [1.165, 1.54) is 7.11 Å². The van der Waals surface area contributed by atoms with Gasteiger partial charge in [0.05, 0.1) is 18.4 Å². The second-order valence-corrected chi connectivity index (χ2v) is 5.75. The molecule has 3 N–H and O–H groups in total. The highest BCUT2D eigenvalue weighted by atomic mass is 19.4. The van der Waals surface area contributed by atoms with Crippen molar-refractivity contribution in [3.63, 3.8) is 0 Å². The first-order valence-corrected chi connectivity index (χ1v) is 8.21. The molecule has 2 aromatic rings. The largest absolute Gasteiger partial charge is 0.496 e. The summed E-state index contributed by atoms with van der Waals surface area (Å²) in [5, 5.41) is 7.12. The van der Waals surface area contributed by atoms with Gasteiger partial charge in [-0.25, -0.2) is 9.78 Å². The van der Waals surface area contributed by atoms with Gasteiger partial charge in [-0.1, -0.05) is 20.3 Å². The second-order valence-electron chi connectivity index (χ2n) is 5.75. The summed E-state index contributed by atoms with van der Waals surface area (Å²) in [6.45, 7) is 4.34. The highest BCUT2D eigenvalue weighted by Gasteiger charge is 2.38. The lowest BCUT2D eigenvalue weighted by Crippen LogP contribution is -2.21. The Morgan fingerprint density at radius 2 is 1.93 bits per heavy atom. The number of nitrogens with two attached hydrogens (primary N) is 1.